The predicted octanol–water partition coefficient (Wildman–Crippen LogP) is 3.40. The van der Waals surface area contributed by atoms with Crippen molar-refractivity contribution in [3.63, 3.8) is 0 Å². The van der Waals surface area contributed by atoms with E-state index in [1.54, 1.807) is 18.2 Å². The first-order valence-electron chi connectivity index (χ1n) is 11.1. The van der Waals surface area contributed by atoms with Gasteiger partial charge in [-0.1, -0.05) is 6.07 Å². The van der Waals surface area contributed by atoms with Crippen molar-refractivity contribution in [1.29, 1.82) is 0 Å². The number of benzene rings is 2. The summed E-state index contributed by atoms with van der Waals surface area (Å²) in [5.41, 5.74) is 4.19. The van der Waals surface area contributed by atoms with E-state index in [0.717, 1.165) is 29.5 Å². The first-order valence-corrected chi connectivity index (χ1v) is 12.5. The SMILES string of the molecule is Cc1cc(C)cc(NC(=O)CN2C(=O)CCCc3cc(S(=O)(=O)N4CCCC4)ccc32)c1. The summed E-state index contributed by atoms with van der Waals surface area (Å²) >= 11 is 0. The van der Waals surface area contributed by atoms with Gasteiger partial charge in [0.15, 0.2) is 0 Å². The summed E-state index contributed by atoms with van der Waals surface area (Å²) in [6, 6.07) is 10.7. The largest absolute Gasteiger partial charge is 0.325 e. The van der Waals surface area contributed by atoms with Gasteiger partial charge in [-0.25, -0.2) is 8.42 Å². The molecule has 1 saturated heterocycles. The molecular weight excluding hydrogens is 426 g/mol. The van der Waals surface area contributed by atoms with Crippen LogP contribution in [0.2, 0.25) is 0 Å². The van der Waals surface area contributed by atoms with Gasteiger partial charge >= 0.3 is 0 Å². The Labute approximate surface area is 189 Å². The van der Waals surface area contributed by atoms with E-state index in [1.807, 2.05) is 32.0 Å². The monoisotopic (exact) mass is 455 g/mol. The molecule has 2 heterocycles. The van der Waals surface area contributed by atoms with E-state index in [4.69, 9.17) is 0 Å². The molecule has 0 aliphatic carbocycles. The molecule has 0 aromatic heterocycles. The van der Waals surface area contributed by atoms with Crippen molar-refractivity contribution in [3.05, 3.63) is 53.1 Å². The lowest BCUT2D eigenvalue weighted by molar-refractivity contribution is -0.121. The Morgan fingerprint density at radius 2 is 1.66 bits per heavy atom. The highest BCUT2D eigenvalue weighted by Crippen LogP contribution is 2.31. The number of hydrogen-bond donors (Lipinski definition) is 1. The second kappa shape index (κ2) is 9.03. The molecule has 0 spiro atoms. The first-order chi connectivity index (χ1) is 15.2. The fourth-order valence-electron chi connectivity index (χ4n) is 4.53. The Bertz CT molecular complexity index is 1130. The van der Waals surface area contributed by atoms with Crippen LogP contribution < -0.4 is 10.2 Å². The zero-order chi connectivity index (χ0) is 22.9. The lowest BCUT2D eigenvalue weighted by Gasteiger charge is -2.24. The number of rotatable bonds is 5. The summed E-state index contributed by atoms with van der Waals surface area (Å²) in [5.74, 6) is -0.417. The molecule has 4 rings (SSSR count). The molecule has 32 heavy (non-hydrogen) atoms. The van der Waals surface area contributed by atoms with E-state index in [0.29, 0.717) is 43.7 Å². The summed E-state index contributed by atoms with van der Waals surface area (Å²) in [6.07, 6.45) is 3.29. The van der Waals surface area contributed by atoms with Crippen LogP contribution in [0.4, 0.5) is 11.4 Å². The molecule has 2 amide bonds. The van der Waals surface area contributed by atoms with Gasteiger partial charge in [0.05, 0.1) is 4.90 Å². The lowest BCUT2D eigenvalue weighted by Crippen LogP contribution is -2.38. The Morgan fingerprint density at radius 3 is 2.34 bits per heavy atom. The third-order valence-electron chi connectivity index (χ3n) is 5.99. The minimum atomic E-state index is -3.54. The van der Waals surface area contributed by atoms with Gasteiger partial charge in [0.2, 0.25) is 21.8 Å². The van der Waals surface area contributed by atoms with Crippen LogP contribution in [0.1, 0.15) is 42.4 Å². The van der Waals surface area contributed by atoms with E-state index in [1.165, 1.54) is 9.21 Å². The number of fused-ring (bicyclic) bond motifs is 1. The van der Waals surface area contributed by atoms with Gasteiger partial charge in [-0.2, -0.15) is 4.31 Å². The van der Waals surface area contributed by atoms with Crippen LogP contribution in [0.5, 0.6) is 0 Å². The molecule has 0 atom stereocenters. The summed E-state index contributed by atoms with van der Waals surface area (Å²) in [5, 5.41) is 2.88. The van der Waals surface area contributed by atoms with Crippen molar-refractivity contribution >= 4 is 33.2 Å². The maximum atomic E-state index is 13.0. The van der Waals surface area contributed by atoms with Gasteiger partial charge < -0.3 is 10.2 Å². The van der Waals surface area contributed by atoms with Crippen LogP contribution in [0.3, 0.4) is 0 Å². The number of carbonyl (C=O) groups excluding carboxylic acids is 2. The summed E-state index contributed by atoms with van der Waals surface area (Å²) in [6.45, 7) is 4.90. The van der Waals surface area contributed by atoms with Crippen LogP contribution in [0, 0.1) is 13.8 Å². The van der Waals surface area contributed by atoms with Crippen molar-refractivity contribution in [3.8, 4) is 0 Å². The lowest BCUT2D eigenvalue weighted by atomic mass is 10.1. The number of carbonyl (C=O) groups is 2. The Morgan fingerprint density at radius 1 is 0.969 bits per heavy atom. The van der Waals surface area contributed by atoms with E-state index in [9.17, 15) is 18.0 Å². The fraction of sp³-hybridized carbons (Fsp3) is 0.417. The summed E-state index contributed by atoms with van der Waals surface area (Å²) < 4.78 is 27.5. The van der Waals surface area contributed by atoms with Crippen molar-refractivity contribution in [2.24, 2.45) is 0 Å². The first kappa shape index (κ1) is 22.5. The van der Waals surface area contributed by atoms with Gasteiger partial charge in [-0.05, 0) is 86.6 Å². The highest BCUT2D eigenvalue weighted by molar-refractivity contribution is 7.89. The molecule has 0 bridgehead atoms. The highest BCUT2D eigenvalue weighted by atomic mass is 32.2. The van der Waals surface area contributed by atoms with Gasteiger partial charge in [-0.15, -0.1) is 0 Å². The average Bonchev–Trinajstić information content (AvgIpc) is 3.22. The highest BCUT2D eigenvalue weighted by Gasteiger charge is 2.30. The quantitative estimate of drug-likeness (QED) is 0.749. The Kier molecular flexibility index (Phi) is 6.35. The van der Waals surface area contributed by atoms with Crippen molar-refractivity contribution in [2.75, 3.05) is 29.9 Å². The molecule has 0 radical (unpaired) electrons. The molecular formula is C24H29N3O4S. The van der Waals surface area contributed by atoms with Crippen LogP contribution in [0.25, 0.3) is 0 Å². The smallest absolute Gasteiger partial charge is 0.244 e. The van der Waals surface area contributed by atoms with E-state index >= 15 is 0 Å². The predicted molar refractivity (Wildman–Crippen MR) is 124 cm³/mol. The molecule has 1 fully saturated rings. The van der Waals surface area contributed by atoms with E-state index in [2.05, 4.69) is 5.32 Å². The number of sulfonamides is 1. The number of hydrogen-bond acceptors (Lipinski definition) is 4. The normalized spacial score (nSPS) is 17.2. The fourth-order valence-corrected chi connectivity index (χ4v) is 6.10. The Balaban J connectivity index is 1.58. The minimum Gasteiger partial charge on any atom is -0.325 e. The van der Waals surface area contributed by atoms with Crippen molar-refractivity contribution < 1.29 is 18.0 Å². The number of amides is 2. The molecule has 0 saturated carbocycles. The second-order valence-corrected chi connectivity index (χ2v) is 10.6. The standard InChI is InChI=1S/C24H29N3O4S/c1-17-12-18(2)14-20(13-17)25-23(28)16-27-22-9-8-21(15-19(22)6-5-7-24(27)29)32(30,31)26-10-3-4-11-26/h8-9,12-15H,3-7,10-11,16H2,1-2H3,(H,25,28). The third kappa shape index (κ3) is 4.71. The van der Waals surface area contributed by atoms with Gasteiger partial charge in [0.1, 0.15) is 6.54 Å². The average molecular weight is 456 g/mol. The molecule has 2 aliphatic heterocycles. The van der Waals surface area contributed by atoms with Crippen molar-refractivity contribution in [1.82, 2.24) is 4.31 Å². The Hall–Kier alpha value is -2.71. The molecule has 8 heteroatoms. The van der Waals surface area contributed by atoms with Gasteiger partial charge in [0, 0.05) is 30.9 Å². The molecule has 2 aliphatic rings. The van der Waals surface area contributed by atoms with E-state index in [-0.39, 0.29) is 23.3 Å². The maximum Gasteiger partial charge on any atom is 0.244 e. The van der Waals surface area contributed by atoms with Crippen LogP contribution in [-0.4, -0.2) is 44.2 Å². The number of nitrogens with zero attached hydrogens (tertiary/aromatic N) is 2. The molecule has 1 N–H and O–H groups in total. The summed E-state index contributed by atoms with van der Waals surface area (Å²) in [4.78, 5) is 27.3. The molecule has 7 nitrogen and oxygen atoms in total. The molecule has 170 valence electrons. The zero-order valence-corrected chi connectivity index (χ0v) is 19.4. The van der Waals surface area contributed by atoms with Gasteiger partial charge in [0.25, 0.3) is 0 Å². The molecule has 2 aromatic rings. The van der Waals surface area contributed by atoms with Gasteiger partial charge in [-0.3, -0.25) is 9.59 Å². The van der Waals surface area contributed by atoms with Crippen molar-refractivity contribution in [2.45, 2.75) is 50.8 Å². The molecule has 2 aromatic carbocycles. The van der Waals surface area contributed by atoms with E-state index < -0.39 is 10.0 Å². The maximum absolute atomic E-state index is 13.0. The minimum absolute atomic E-state index is 0.114. The number of anilines is 2. The third-order valence-corrected chi connectivity index (χ3v) is 7.88. The van der Waals surface area contributed by atoms with Crippen LogP contribution in [0.15, 0.2) is 41.3 Å². The molecule has 0 unspecified atom stereocenters. The number of nitrogens with one attached hydrogen (secondary N) is 1. The second-order valence-electron chi connectivity index (χ2n) is 8.66. The zero-order valence-electron chi connectivity index (χ0n) is 18.6. The summed E-state index contributed by atoms with van der Waals surface area (Å²) in [7, 11) is -3.54. The number of aryl methyl sites for hydroxylation is 3. The van der Waals surface area contributed by atoms with Crippen LogP contribution in [-0.2, 0) is 26.0 Å². The topological polar surface area (TPSA) is 86.8 Å². The van der Waals surface area contributed by atoms with Crippen LogP contribution >= 0.6 is 0 Å².